The number of carbonyl (C=O) groups excluding carboxylic acids is 1. The number of carbonyl (C=O) groups is 1. The van der Waals surface area contributed by atoms with Crippen molar-refractivity contribution in [2.75, 3.05) is 17.1 Å². The molecule has 0 aromatic heterocycles. The Hall–Kier alpha value is -1.56. The van der Waals surface area contributed by atoms with Crippen LogP contribution < -0.4 is 9.62 Å². The summed E-state index contributed by atoms with van der Waals surface area (Å²) in [5.74, 6) is -0.152. The fraction of sp³-hybridized carbons (Fsp3) is 0.500. The third-order valence-corrected chi connectivity index (χ3v) is 3.91. The molecule has 0 unspecified atom stereocenters. The zero-order valence-corrected chi connectivity index (χ0v) is 13.2. The van der Waals surface area contributed by atoms with Crippen LogP contribution in [-0.2, 0) is 14.8 Å². The first-order valence-corrected chi connectivity index (χ1v) is 8.38. The number of nitrogens with zero attached hydrogens (tertiary/aromatic N) is 1. The number of amides is 1. The average molecular weight is 298 g/mol. The van der Waals surface area contributed by atoms with Crippen LogP contribution >= 0.6 is 0 Å². The molecule has 0 aliphatic rings. The lowest BCUT2D eigenvalue weighted by Crippen LogP contribution is -2.36. The van der Waals surface area contributed by atoms with E-state index >= 15 is 0 Å². The normalized spacial score (nSPS) is 11.4. The summed E-state index contributed by atoms with van der Waals surface area (Å²) in [4.78, 5) is 11.6. The van der Waals surface area contributed by atoms with Crippen LogP contribution in [0.3, 0.4) is 0 Å². The summed E-state index contributed by atoms with van der Waals surface area (Å²) in [6, 6.07) is 7.24. The number of hydrogen-bond donors (Lipinski definition) is 1. The summed E-state index contributed by atoms with van der Waals surface area (Å²) < 4.78 is 24.9. The number of aryl methyl sites for hydroxylation is 1. The van der Waals surface area contributed by atoms with Crippen molar-refractivity contribution in [1.29, 1.82) is 0 Å². The fourth-order valence-electron chi connectivity index (χ4n) is 1.79. The Kier molecular flexibility index (Phi) is 5.56. The van der Waals surface area contributed by atoms with Gasteiger partial charge in [-0.2, -0.15) is 0 Å². The van der Waals surface area contributed by atoms with Gasteiger partial charge in [0.2, 0.25) is 15.9 Å². The molecule has 0 spiro atoms. The number of sulfonamides is 1. The van der Waals surface area contributed by atoms with Crippen LogP contribution in [0, 0.1) is 6.92 Å². The molecule has 0 bridgehead atoms. The van der Waals surface area contributed by atoms with E-state index in [1.54, 1.807) is 12.1 Å². The van der Waals surface area contributed by atoms with E-state index in [-0.39, 0.29) is 24.9 Å². The predicted octanol–water partition coefficient (Wildman–Crippen LogP) is 1.68. The van der Waals surface area contributed by atoms with Crippen molar-refractivity contribution < 1.29 is 13.2 Å². The second kappa shape index (κ2) is 6.74. The van der Waals surface area contributed by atoms with Gasteiger partial charge in [-0.25, -0.2) is 8.42 Å². The van der Waals surface area contributed by atoms with E-state index in [1.807, 2.05) is 32.9 Å². The van der Waals surface area contributed by atoms with Gasteiger partial charge in [-0.05, 0) is 32.9 Å². The molecule has 1 amide bonds. The highest BCUT2D eigenvalue weighted by molar-refractivity contribution is 7.92. The number of nitrogens with one attached hydrogen (secondary N) is 1. The second-order valence-electron chi connectivity index (χ2n) is 5.14. The SMILES string of the molecule is Cc1ccc(N(CCC(=O)NC(C)C)S(C)(=O)=O)cc1. The average Bonchev–Trinajstić information content (AvgIpc) is 2.29. The van der Waals surface area contributed by atoms with Gasteiger partial charge < -0.3 is 5.32 Å². The first kappa shape index (κ1) is 16.5. The first-order chi connectivity index (χ1) is 9.20. The Labute approximate surface area is 121 Å². The minimum atomic E-state index is -3.40. The summed E-state index contributed by atoms with van der Waals surface area (Å²) in [5, 5.41) is 2.75. The molecule has 5 nitrogen and oxygen atoms in total. The van der Waals surface area contributed by atoms with Gasteiger partial charge in [-0.1, -0.05) is 17.7 Å². The van der Waals surface area contributed by atoms with E-state index in [2.05, 4.69) is 5.32 Å². The van der Waals surface area contributed by atoms with Gasteiger partial charge in [-0.3, -0.25) is 9.10 Å². The zero-order chi connectivity index (χ0) is 15.3. The maximum Gasteiger partial charge on any atom is 0.232 e. The molecule has 0 fully saturated rings. The minimum Gasteiger partial charge on any atom is -0.354 e. The van der Waals surface area contributed by atoms with E-state index < -0.39 is 10.0 Å². The van der Waals surface area contributed by atoms with E-state index in [4.69, 9.17) is 0 Å². The van der Waals surface area contributed by atoms with Crippen molar-refractivity contribution in [2.45, 2.75) is 33.2 Å². The highest BCUT2D eigenvalue weighted by Crippen LogP contribution is 2.18. The van der Waals surface area contributed by atoms with E-state index in [0.717, 1.165) is 11.8 Å². The zero-order valence-electron chi connectivity index (χ0n) is 12.4. The molecule has 1 aromatic carbocycles. The number of rotatable bonds is 6. The third kappa shape index (κ3) is 5.21. The third-order valence-electron chi connectivity index (χ3n) is 2.71. The Morgan fingerprint density at radius 1 is 1.25 bits per heavy atom. The van der Waals surface area contributed by atoms with Gasteiger partial charge in [0, 0.05) is 19.0 Å². The Bertz CT molecular complexity index is 550. The van der Waals surface area contributed by atoms with Crippen LogP contribution in [0.5, 0.6) is 0 Å². The quantitative estimate of drug-likeness (QED) is 0.869. The molecular formula is C14H22N2O3S. The smallest absolute Gasteiger partial charge is 0.232 e. The molecular weight excluding hydrogens is 276 g/mol. The summed E-state index contributed by atoms with van der Waals surface area (Å²) in [7, 11) is -3.40. The van der Waals surface area contributed by atoms with Crippen LogP contribution in [0.1, 0.15) is 25.8 Å². The molecule has 0 aliphatic carbocycles. The molecule has 112 valence electrons. The molecule has 1 aromatic rings. The van der Waals surface area contributed by atoms with Crippen molar-refractivity contribution in [2.24, 2.45) is 0 Å². The summed E-state index contributed by atoms with van der Waals surface area (Å²) in [6.45, 7) is 5.81. The van der Waals surface area contributed by atoms with Crippen molar-refractivity contribution in [3.8, 4) is 0 Å². The van der Waals surface area contributed by atoms with Gasteiger partial charge in [0.05, 0.1) is 11.9 Å². The predicted molar refractivity (Wildman–Crippen MR) is 81.3 cm³/mol. The van der Waals surface area contributed by atoms with Crippen LogP contribution in [0.2, 0.25) is 0 Å². The minimum absolute atomic E-state index is 0.0496. The van der Waals surface area contributed by atoms with E-state index in [1.165, 1.54) is 4.31 Å². The van der Waals surface area contributed by atoms with Crippen molar-refractivity contribution in [3.63, 3.8) is 0 Å². The molecule has 0 radical (unpaired) electrons. The highest BCUT2D eigenvalue weighted by Gasteiger charge is 2.18. The van der Waals surface area contributed by atoms with Crippen LogP contribution in [0.25, 0.3) is 0 Å². The molecule has 1 N–H and O–H groups in total. The maximum absolute atomic E-state index is 11.8. The monoisotopic (exact) mass is 298 g/mol. The lowest BCUT2D eigenvalue weighted by Gasteiger charge is -2.22. The summed E-state index contributed by atoms with van der Waals surface area (Å²) in [5.41, 5.74) is 1.63. The topological polar surface area (TPSA) is 66.5 Å². The lowest BCUT2D eigenvalue weighted by molar-refractivity contribution is -0.121. The van der Waals surface area contributed by atoms with Crippen LogP contribution in [0.4, 0.5) is 5.69 Å². The number of anilines is 1. The van der Waals surface area contributed by atoms with E-state index in [9.17, 15) is 13.2 Å². The van der Waals surface area contributed by atoms with Gasteiger partial charge in [-0.15, -0.1) is 0 Å². The van der Waals surface area contributed by atoms with Crippen molar-refractivity contribution >= 4 is 21.6 Å². The number of benzene rings is 1. The molecule has 0 heterocycles. The van der Waals surface area contributed by atoms with Gasteiger partial charge in [0.1, 0.15) is 0 Å². The first-order valence-electron chi connectivity index (χ1n) is 6.54. The Morgan fingerprint density at radius 3 is 2.25 bits per heavy atom. The summed E-state index contributed by atoms with van der Waals surface area (Å²) in [6.07, 6.45) is 1.28. The molecule has 6 heteroatoms. The maximum atomic E-state index is 11.8. The Morgan fingerprint density at radius 2 is 1.80 bits per heavy atom. The van der Waals surface area contributed by atoms with Crippen LogP contribution in [0.15, 0.2) is 24.3 Å². The van der Waals surface area contributed by atoms with Gasteiger partial charge in [0.15, 0.2) is 0 Å². The van der Waals surface area contributed by atoms with Gasteiger partial charge in [0.25, 0.3) is 0 Å². The molecule has 0 aliphatic heterocycles. The van der Waals surface area contributed by atoms with Crippen LogP contribution in [-0.4, -0.2) is 33.2 Å². The molecule has 0 saturated carbocycles. The fourth-order valence-corrected chi connectivity index (χ4v) is 2.72. The molecule has 20 heavy (non-hydrogen) atoms. The highest BCUT2D eigenvalue weighted by atomic mass is 32.2. The lowest BCUT2D eigenvalue weighted by atomic mass is 10.2. The standard InChI is InChI=1S/C14H22N2O3S/c1-11(2)15-14(17)9-10-16(20(4,18)19)13-7-5-12(3)6-8-13/h5-8,11H,9-10H2,1-4H3,(H,15,17). The van der Waals surface area contributed by atoms with Crippen molar-refractivity contribution in [1.82, 2.24) is 5.32 Å². The molecule has 0 saturated heterocycles. The van der Waals surface area contributed by atoms with E-state index in [0.29, 0.717) is 5.69 Å². The largest absolute Gasteiger partial charge is 0.354 e. The second-order valence-corrected chi connectivity index (χ2v) is 7.05. The summed E-state index contributed by atoms with van der Waals surface area (Å²) >= 11 is 0. The van der Waals surface area contributed by atoms with Crippen molar-refractivity contribution in [3.05, 3.63) is 29.8 Å². The Balaban J connectivity index is 2.82. The molecule has 0 atom stereocenters. The number of hydrogen-bond acceptors (Lipinski definition) is 3. The molecule has 1 rings (SSSR count). The van der Waals surface area contributed by atoms with Gasteiger partial charge >= 0.3 is 0 Å².